The van der Waals surface area contributed by atoms with E-state index in [0.29, 0.717) is 22.7 Å². The number of carbonyl (C=O) groups excluding carboxylic acids is 2. The molecule has 1 aliphatic rings. The molecular weight excluding hydrogens is 298 g/mol. The van der Waals surface area contributed by atoms with Crippen molar-refractivity contribution in [1.29, 1.82) is 0 Å². The highest BCUT2D eigenvalue weighted by Crippen LogP contribution is 2.34. The fourth-order valence-corrected chi connectivity index (χ4v) is 2.24. The molecule has 1 aliphatic heterocycles. The van der Waals surface area contributed by atoms with Gasteiger partial charge in [-0.25, -0.2) is 0 Å². The van der Waals surface area contributed by atoms with Crippen molar-refractivity contribution >= 4 is 17.5 Å². The van der Waals surface area contributed by atoms with Crippen LogP contribution in [-0.4, -0.2) is 18.6 Å². The van der Waals surface area contributed by atoms with Crippen molar-refractivity contribution in [1.82, 2.24) is 0 Å². The van der Waals surface area contributed by atoms with Gasteiger partial charge in [0.1, 0.15) is 5.56 Å². The fourth-order valence-electron chi connectivity index (χ4n) is 2.24. The first kappa shape index (κ1) is 14.8. The van der Waals surface area contributed by atoms with Gasteiger partial charge in [-0.15, -0.1) is 0 Å². The fraction of sp³-hybridized carbons (Fsp3) is 0.188. The van der Waals surface area contributed by atoms with Gasteiger partial charge in [-0.3, -0.25) is 9.59 Å². The van der Waals surface area contributed by atoms with Gasteiger partial charge in [0.05, 0.1) is 0 Å². The number of primary amides is 1. The van der Waals surface area contributed by atoms with Crippen molar-refractivity contribution < 1.29 is 23.6 Å². The Balaban J connectivity index is 1.75. The van der Waals surface area contributed by atoms with Crippen LogP contribution in [0.4, 0.5) is 5.69 Å². The van der Waals surface area contributed by atoms with E-state index in [1.54, 1.807) is 54.2 Å². The normalized spacial score (nSPS) is 13.4. The summed E-state index contributed by atoms with van der Waals surface area (Å²) in [5, 5.41) is 2.81. The third-order valence-electron chi connectivity index (χ3n) is 3.57. The molecule has 0 aliphatic carbocycles. The van der Waals surface area contributed by atoms with E-state index in [0.717, 1.165) is 0 Å². The highest BCUT2D eigenvalue weighted by molar-refractivity contribution is 5.93. The third kappa shape index (κ3) is 3.08. The zero-order valence-corrected chi connectivity index (χ0v) is 12.5. The zero-order chi connectivity index (χ0) is 16.4. The van der Waals surface area contributed by atoms with Crippen LogP contribution in [-0.2, 0) is 4.79 Å². The molecule has 23 heavy (non-hydrogen) atoms. The number of pyridine rings is 1. The summed E-state index contributed by atoms with van der Waals surface area (Å²) in [6.07, 6.45) is 3.25. The molecule has 0 bridgehead atoms. The van der Waals surface area contributed by atoms with E-state index in [9.17, 15) is 9.59 Å². The van der Waals surface area contributed by atoms with Crippen LogP contribution in [0.3, 0.4) is 0 Å². The molecule has 1 aromatic heterocycles. The summed E-state index contributed by atoms with van der Waals surface area (Å²) < 4.78 is 12.1. The van der Waals surface area contributed by atoms with Gasteiger partial charge < -0.3 is 20.5 Å². The Hall–Kier alpha value is -3.09. The lowest BCUT2D eigenvalue weighted by Crippen LogP contribution is -2.44. The highest BCUT2D eigenvalue weighted by Gasteiger charge is 2.23. The number of anilines is 1. The molecule has 0 saturated carbocycles. The molecule has 1 atom stereocenters. The number of carbonyl (C=O) groups is 2. The molecule has 3 N–H and O–H groups in total. The van der Waals surface area contributed by atoms with Crippen molar-refractivity contribution in [2.24, 2.45) is 5.73 Å². The van der Waals surface area contributed by atoms with Crippen molar-refractivity contribution in [2.45, 2.75) is 13.0 Å². The van der Waals surface area contributed by atoms with Crippen LogP contribution >= 0.6 is 0 Å². The van der Waals surface area contributed by atoms with Crippen LogP contribution in [0.1, 0.15) is 23.3 Å². The molecule has 0 fully saturated rings. The Morgan fingerprint density at radius 3 is 2.83 bits per heavy atom. The molecule has 0 radical (unpaired) electrons. The minimum atomic E-state index is -0.539. The van der Waals surface area contributed by atoms with E-state index in [-0.39, 0.29) is 12.7 Å². The summed E-state index contributed by atoms with van der Waals surface area (Å²) in [4.78, 5) is 23.6. The number of aromatic nitrogens is 1. The summed E-state index contributed by atoms with van der Waals surface area (Å²) in [6.45, 7) is 1.91. The first-order valence-corrected chi connectivity index (χ1v) is 7.06. The number of fused-ring (bicyclic) bond motifs is 1. The molecule has 7 nitrogen and oxygen atoms in total. The summed E-state index contributed by atoms with van der Waals surface area (Å²) >= 11 is 0. The van der Waals surface area contributed by atoms with E-state index < -0.39 is 11.9 Å². The number of benzene rings is 1. The van der Waals surface area contributed by atoms with Gasteiger partial charge in [0.25, 0.3) is 11.8 Å². The van der Waals surface area contributed by atoms with Crippen molar-refractivity contribution in [3.63, 3.8) is 0 Å². The maximum absolute atomic E-state index is 12.4. The number of nitrogens with two attached hydrogens (primary N) is 1. The molecular formula is C16H16N3O4+. The van der Waals surface area contributed by atoms with Crippen LogP contribution in [0.5, 0.6) is 11.5 Å². The minimum absolute atomic E-state index is 0.179. The van der Waals surface area contributed by atoms with Gasteiger partial charge in [-0.2, -0.15) is 4.57 Å². The quantitative estimate of drug-likeness (QED) is 0.823. The van der Waals surface area contributed by atoms with Crippen molar-refractivity contribution in [3.8, 4) is 11.5 Å². The number of nitrogens with zero attached hydrogens (tertiary/aromatic N) is 1. The number of ether oxygens (including phenoxy) is 2. The van der Waals surface area contributed by atoms with Crippen LogP contribution in [0.2, 0.25) is 0 Å². The average molecular weight is 314 g/mol. The van der Waals surface area contributed by atoms with Crippen molar-refractivity contribution in [3.05, 3.63) is 48.3 Å². The Labute approximate surface area is 132 Å². The lowest BCUT2D eigenvalue weighted by atomic mass is 10.2. The zero-order valence-electron chi connectivity index (χ0n) is 12.5. The highest BCUT2D eigenvalue weighted by atomic mass is 16.7. The first-order chi connectivity index (χ1) is 11.0. The van der Waals surface area contributed by atoms with Crippen LogP contribution in [0, 0.1) is 0 Å². The predicted octanol–water partition coefficient (Wildman–Crippen LogP) is 1.00. The second-order valence-corrected chi connectivity index (χ2v) is 5.14. The third-order valence-corrected chi connectivity index (χ3v) is 3.57. The molecule has 0 unspecified atom stereocenters. The van der Waals surface area contributed by atoms with E-state index in [1.807, 2.05) is 0 Å². The molecule has 3 rings (SSSR count). The topological polar surface area (TPSA) is 94.5 Å². The minimum Gasteiger partial charge on any atom is -0.454 e. The van der Waals surface area contributed by atoms with Crippen LogP contribution in [0.25, 0.3) is 0 Å². The Kier molecular flexibility index (Phi) is 3.84. The largest absolute Gasteiger partial charge is 0.454 e. The van der Waals surface area contributed by atoms with E-state index >= 15 is 0 Å². The molecule has 2 heterocycles. The first-order valence-electron chi connectivity index (χ1n) is 7.06. The van der Waals surface area contributed by atoms with Crippen LogP contribution < -0.4 is 25.1 Å². The number of hydrogen-bond acceptors (Lipinski definition) is 4. The average Bonchev–Trinajstić information content (AvgIpc) is 3.01. The standard InChI is InChI=1S/C16H15N3O4/c1-10(19-6-2-3-11(8-19)15(17)20)16(21)18-12-4-5-13-14(7-12)23-9-22-13/h2-8,10H,9H2,1H3,(H2-,17,18,20,21)/p+1/t10-/m1/s1. The lowest BCUT2D eigenvalue weighted by Gasteiger charge is -2.09. The van der Waals surface area contributed by atoms with Gasteiger partial charge in [-0.05, 0) is 18.2 Å². The van der Waals surface area contributed by atoms with E-state index in [4.69, 9.17) is 15.2 Å². The molecule has 2 aromatic rings. The number of rotatable bonds is 4. The summed E-state index contributed by atoms with van der Waals surface area (Å²) in [7, 11) is 0. The lowest BCUT2D eigenvalue weighted by molar-refractivity contribution is -0.705. The monoisotopic (exact) mass is 314 g/mol. The maximum Gasteiger partial charge on any atom is 0.293 e. The second-order valence-electron chi connectivity index (χ2n) is 5.14. The number of hydrogen-bond donors (Lipinski definition) is 2. The Bertz CT molecular complexity index is 776. The second kappa shape index (κ2) is 5.96. The number of nitrogens with one attached hydrogen (secondary N) is 1. The maximum atomic E-state index is 12.4. The molecule has 0 saturated heterocycles. The summed E-state index contributed by atoms with van der Waals surface area (Å²) in [5.74, 6) is 0.483. The predicted molar refractivity (Wildman–Crippen MR) is 81.1 cm³/mol. The number of amides is 2. The summed E-state index contributed by atoms with van der Waals surface area (Å²) in [6, 6.07) is 7.94. The van der Waals surface area contributed by atoms with Gasteiger partial charge in [0.15, 0.2) is 23.9 Å². The molecule has 0 spiro atoms. The molecule has 7 heteroatoms. The Morgan fingerprint density at radius 2 is 2.04 bits per heavy atom. The SMILES string of the molecule is C[C@H](C(=O)Nc1ccc2c(c1)OCO2)[n+]1cccc(C(N)=O)c1. The van der Waals surface area contributed by atoms with Gasteiger partial charge in [0, 0.05) is 24.7 Å². The summed E-state index contributed by atoms with van der Waals surface area (Å²) in [5.41, 5.74) is 6.21. The van der Waals surface area contributed by atoms with Crippen molar-refractivity contribution in [2.75, 3.05) is 12.1 Å². The van der Waals surface area contributed by atoms with Crippen LogP contribution in [0.15, 0.2) is 42.7 Å². The van der Waals surface area contributed by atoms with E-state index in [2.05, 4.69) is 5.32 Å². The van der Waals surface area contributed by atoms with E-state index in [1.165, 1.54) is 0 Å². The van der Waals surface area contributed by atoms with Gasteiger partial charge in [-0.1, -0.05) is 0 Å². The van der Waals surface area contributed by atoms with Gasteiger partial charge in [0.2, 0.25) is 12.8 Å². The smallest absolute Gasteiger partial charge is 0.293 e. The van der Waals surface area contributed by atoms with Gasteiger partial charge >= 0.3 is 0 Å². The molecule has 118 valence electrons. The molecule has 2 amide bonds. The Morgan fingerprint density at radius 1 is 1.26 bits per heavy atom. The molecule has 1 aromatic carbocycles.